The van der Waals surface area contributed by atoms with Crippen molar-refractivity contribution < 1.29 is 9.53 Å². The highest BCUT2D eigenvalue weighted by Crippen LogP contribution is 2.23. The number of aryl methyl sites for hydroxylation is 1. The van der Waals surface area contributed by atoms with Crippen molar-refractivity contribution >= 4 is 17.7 Å². The van der Waals surface area contributed by atoms with Gasteiger partial charge >= 0.3 is 5.97 Å². The van der Waals surface area contributed by atoms with Crippen molar-refractivity contribution in [3.8, 4) is 0 Å². The molecule has 0 amide bonds. The van der Waals surface area contributed by atoms with Crippen LogP contribution in [0.1, 0.15) is 20.8 Å². The molecule has 1 aromatic heterocycles. The zero-order valence-electron chi connectivity index (χ0n) is 11.4. The minimum atomic E-state index is -0.661. The SMILES string of the molecule is CCNC(C)(CSc1cnn(C)c1)C(=O)OCC. The van der Waals surface area contributed by atoms with E-state index >= 15 is 0 Å². The molecule has 0 spiro atoms. The van der Waals surface area contributed by atoms with Gasteiger partial charge in [-0.25, -0.2) is 0 Å². The second-order valence-electron chi connectivity index (χ2n) is 4.22. The molecule has 1 heterocycles. The summed E-state index contributed by atoms with van der Waals surface area (Å²) in [5.41, 5.74) is -0.661. The van der Waals surface area contributed by atoms with Gasteiger partial charge < -0.3 is 10.1 Å². The van der Waals surface area contributed by atoms with Crippen molar-refractivity contribution in [1.82, 2.24) is 15.1 Å². The predicted octanol–water partition coefficient (Wildman–Crippen LogP) is 1.44. The lowest BCUT2D eigenvalue weighted by atomic mass is 10.1. The Hall–Kier alpha value is -1.01. The highest BCUT2D eigenvalue weighted by molar-refractivity contribution is 7.99. The van der Waals surface area contributed by atoms with Crippen LogP contribution in [-0.2, 0) is 16.6 Å². The van der Waals surface area contributed by atoms with Crippen molar-refractivity contribution in [2.75, 3.05) is 18.9 Å². The number of esters is 1. The molecule has 0 aliphatic rings. The summed E-state index contributed by atoms with van der Waals surface area (Å²) in [5, 5.41) is 7.30. The molecule has 0 bridgehead atoms. The Morgan fingerprint density at radius 3 is 2.83 bits per heavy atom. The summed E-state index contributed by atoms with van der Waals surface area (Å²) in [6.07, 6.45) is 3.73. The van der Waals surface area contributed by atoms with Crippen LogP contribution in [-0.4, -0.2) is 40.2 Å². The number of nitrogens with zero attached hydrogens (tertiary/aromatic N) is 2. The number of rotatable bonds is 7. The lowest BCUT2D eigenvalue weighted by Gasteiger charge is -2.27. The van der Waals surface area contributed by atoms with Crippen molar-refractivity contribution in [1.29, 1.82) is 0 Å². The Bertz CT molecular complexity index is 394. The number of ether oxygens (including phenoxy) is 1. The Morgan fingerprint density at radius 1 is 1.61 bits per heavy atom. The third kappa shape index (κ3) is 4.03. The van der Waals surface area contributed by atoms with Crippen LogP contribution in [0.4, 0.5) is 0 Å². The van der Waals surface area contributed by atoms with Crippen LogP contribution in [0, 0.1) is 0 Å². The molecule has 1 atom stereocenters. The summed E-state index contributed by atoms with van der Waals surface area (Å²) in [7, 11) is 1.87. The Kier molecular flexibility index (Phi) is 5.68. The maximum Gasteiger partial charge on any atom is 0.326 e. The maximum atomic E-state index is 12.0. The third-order valence-electron chi connectivity index (χ3n) is 2.50. The minimum Gasteiger partial charge on any atom is -0.465 e. The molecule has 0 radical (unpaired) electrons. The van der Waals surface area contributed by atoms with E-state index in [1.807, 2.05) is 34.0 Å². The quantitative estimate of drug-likeness (QED) is 0.601. The molecular weight excluding hydrogens is 250 g/mol. The van der Waals surface area contributed by atoms with Gasteiger partial charge in [-0.1, -0.05) is 6.92 Å². The van der Waals surface area contributed by atoms with Crippen molar-refractivity contribution in [2.24, 2.45) is 7.05 Å². The zero-order valence-corrected chi connectivity index (χ0v) is 12.2. The largest absolute Gasteiger partial charge is 0.465 e. The van der Waals surface area contributed by atoms with Crippen molar-refractivity contribution in [3.05, 3.63) is 12.4 Å². The fourth-order valence-electron chi connectivity index (χ4n) is 1.56. The summed E-state index contributed by atoms with van der Waals surface area (Å²) >= 11 is 1.60. The summed E-state index contributed by atoms with van der Waals surface area (Å²) in [4.78, 5) is 13.0. The molecule has 0 fully saturated rings. The van der Waals surface area contributed by atoms with Gasteiger partial charge in [-0.05, 0) is 20.4 Å². The van der Waals surface area contributed by atoms with Crippen molar-refractivity contribution in [3.63, 3.8) is 0 Å². The van der Waals surface area contributed by atoms with Crippen LogP contribution < -0.4 is 5.32 Å². The van der Waals surface area contributed by atoms with Crippen LogP contribution in [0.15, 0.2) is 17.3 Å². The molecule has 0 saturated heterocycles. The average molecular weight is 271 g/mol. The molecule has 18 heavy (non-hydrogen) atoms. The molecule has 1 unspecified atom stereocenters. The van der Waals surface area contributed by atoms with E-state index in [1.165, 1.54) is 0 Å². The van der Waals surface area contributed by atoms with Gasteiger partial charge in [0.15, 0.2) is 0 Å². The van der Waals surface area contributed by atoms with E-state index in [0.717, 1.165) is 11.4 Å². The highest BCUT2D eigenvalue weighted by Gasteiger charge is 2.33. The molecular formula is C12H21N3O2S. The van der Waals surface area contributed by atoms with Crippen LogP contribution in [0.5, 0.6) is 0 Å². The normalized spacial score (nSPS) is 14.2. The molecule has 0 saturated carbocycles. The van der Waals surface area contributed by atoms with Gasteiger partial charge in [0.2, 0.25) is 0 Å². The van der Waals surface area contributed by atoms with Gasteiger partial charge in [0.1, 0.15) is 5.54 Å². The number of nitrogens with one attached hydrogen (secondary N) is 1. The molecule has 1 rings (SSSR count). The predicted molar refractivity (Wildman–Crippen MR) is 72.6 cm³/mol. The number of hydrogen-bond acceptors (Lipinski definition) is 5. The van der Waals surface area contributed by atoms with Crippen molar-refractivity contribution in [2.45, 2.75) is 31.2 Å². The van der Waals surface area contributed by atoms with E-state index in [9.17, 15) is 4.79 Å². The van der Waals surface area contributed by atoms with Gasteiger partial charge in [0.25, 0.3) is 0 Å². The van der Waals surface area contributed by atoms with E-state index in [2.05, 4.69) is 10.4 Å². The maximum absolute atomic E-state index is 12.0. The van der Waals surface area contributed by atoms with Crippen LogP contribution >= 0.6 is 11.8 Å². The smallest absolute Gasteiger partial charge is 0.326 e. The Balaban J connectivity index is 2.64. The average Bonchev–Trinajstić information content (AvgIpc) is 2.73. The second-order valence-corrected chi connectivity index (χ2v) is 5.27. The number of likely N-dealkylation sites (N-methyl/N-ethyl adjacent to an activating group) is 1. The number of carbonyl (C=O) groups is 1. The number of thioether (sulfide) groups is 1. The number of hydrogen-bond donors (Lipinski definition) is 1. The number of aromatic nitrogens is 2. The van der Waals surface area contributed by atoms with E-state index in [0.29, 0.717) is 12.4 Å². The van der Waals surface area contributed by atoms with Crippen LogP contribution in [0.25, 0.3) is 0 Å². The summed E-state index contributed by atoms with van der Waals surface area (Å²) < 4.78 is 6.86. The van der Waals surface area contributed by atoms with Gasteiger partial charge in [-0.3, -0.25) is 9.48 Å². The van der Waals surface area contributed by atoms with E-state index in [-0.39, 0.29) is 5.97 Å². The fraction of sp³-hybridized carbons (Fsp3) is 0.667. The lowest BCUT2D eigenvalue weighted by Crippen LogP contribution is -2.52. The molecule has 0 aromatic carbocycles. The Morgan fingerprint density at radius 2 is 2.33 bits per heavy atom. The first-order valence-electron chi connectivity index (χ1n) is 6.05. The van der Waals surface area contributed by atoms with E-state index < -0.39 is 5.54 Å². The first kappa shape index (κ1) is 15.0. The molecule has 5 nitrogen and oxygen atoms in total. The first-order chi connectivity index (χ1) is 8.51. The molecule has 1 N–H and O–H groups in total. The highest BCUT2D eigenvalue weighted by atomic mass is 32.2. The minimum absolute atomic E-state index is 0.205. The molecule has 0 aliphatic heterocycles. The van der Waals surface area contributed by atoms with Gasteiger partial charge in [-0.2, -0.15) is 5.10 Å². The second kappa shape index (κ2) is 6.80. The topological polar surface area (TPSA) is 56.2 Å². The molecule has 102 valence electrons. The standard InChI is InChI=1S/C12H21N3O2S/c1-5-13-12(3,11(16)17-6-2)9-18-10-7-14-15(4)8-10/h7-8,13H,5-6,9H2,1-4H3. The zero-order chi connectivity index (χ0) is 13.6. The third-order valence-corrected chi connectivity index (χ3v) is 3.77. The molecule has 6 heteroatoms. The van der Waals surface area contributed by atoms with Gasteiger partial charge in [-0.15, -0.1) is 11.8 Å². The first-order valence-corrected chi connectivity index (χ1v) is 7.04. The van der Waals surface area contributed by atoms with Crippen LogP contribution in [0.2, 0.25) is 0 Å². The number of carbonyl (C=O) groups excluding carboxylic acids is 1. The monoisotopic (exact) mass is 271 g/mol. The van der Waals surface area contributed by atoms with E-state index in [4.69, 9.17) is 4.74 Å². The van der Waals surface area contributed by atoms with Gasteiger partial charge in [0, 0.05) is 23.9 Å². The summed E-state index contributed by atoms with van der Waals surface area (Å²) in [5.74, 6) is 0.411. The lowest BCUT2D eigenvalue weighted by molar-refractivity contribution is -0.149. The van der Waals surface area contributed by atoms with Gasteiger partial charge in [0.05, 0.1) is 12.8 Å². The molecule has 0 aliphatic carbocycles. The Labute approximate surface area is 112 Å². The summed E-state index contributed by atoms with van der Waals surface area (Å²) in [6.45, 7) is 6.79. The van der Waals surface area contributed by atoms with E-state index in [1.54, 1.807) is 22.6 Å². The summed E-state index contributed by atoms with van der Waals surface area (Å²) in [6, 6.07) is 0. The molecule has 1 aromatic rings. The fourth-order valence-corrected chi connectivity index (χ4v) is 2.59. The van der Waals surface area contributed by atoms with Crippen LogP contribution in [0.3, 0.4) is 0 Å².